The maximum absolute atomic E-state index is 5.44. The summed E-state index contributed by atoms with van der Waals surface area (Å²) in [6.45, 7) is 7.03. The second-order valence-electron chi connectivity index (χ2n) is 4.77. The fraction of sp³-hybridized carbons (Fsp3) is 0.400. The molecule has 0 bridgehead atoms. The Balaban J connectivity index is 2.59. The number of aryl methyl sites for hydroxylation is 2. The molecule has 0 radical (unpaired) electrons. The minimum Gasteiger partial charge on any atom is -0.494 e. The molecule has 0 saturated carbocycles. The molecule has 2 aromatic rings. The first-order valence-electron chi connectivity index (χ1n) is 6.43. The third-order valence-electron chi connectivity index (χ3n) is 3.36. The molecule has 1 heterocycles. The predicted octanol–water partition coefficient (Wildman–Crippen LogP) is 2.53. The lowest BCUT2D eigenvalue weighted by Crippen LogP contribution is -2.07. The van der Waals surface area contributed by atoms with Crippen molar-refractivity contribution < 1.29 is 4.74 Å². The molecule has 0 aliphatic rings. The zero-order valence-corrected chi connectivity index (χ0v) is 12.2. The van der Waals surface area contributed by atoms with Gasteiger partial charge in [0.1, 0.15) is 11.4 Å². The van der Waals surface area contributed by atoms with Crippen LogP contribution in [0.5, 0.6) is 5.75 Å². The number of aromatic nitrogens is 2. The van der Waals surface area contributed by atoms with Crippen molar-refractivity contribution in [1.29, 1.82) is 0 Å². The van der Waals surface area contributed by atoms with Gasteiger partial charge in [0.05, 0.1) is 12.8 Å². The minimum absolute atomic E-state index is 0.825. The number of ether oxygens (including phenoxy) is 1. The average Bonchev–Trinajstić information content (AvgIpc) is 2.67. The molecule has 19 heavy (non-hydrogen) atoms. The van der Waals surface area contributed by atoms with Crippen molar-refractivity contribution in [2.75, 3.05) is 14.2 Å². The molecule has 102 valence electrons. The Bertz CT molecular complexity index is 587. The van der Waals surface area contributed by atoms with Gasteiger partial charge in [0.15, 0.2) is 0 Å². The number of methoxy groups -OCH3 is 1. The van der Waals surface area contributed by atoms with E-state index < -0.39 is 0 Å². The van der Waals surface area contributed by atoms with Crippen LogP contribution in [0.25, 0.3) is 5.69 Å². The van der Waals surface area contributed by atoms with Crippen LogP contribution in [0.3, 0.4) is 0 Å². The first kappa shape index (κ1) is 13.6. The number of rotatable bonds is 4. The van der Waals surface area contributed by atoms with Gasteiger partial charge in [0, 0.05) is 17.8 Å². The molecule has 0 atom stereocenters. The van der Waals surface area contributed by atoms with Crippen LogP contribution >= 0.6 is 0 Å². The second kappa shape index (κ2) is 5.45. The Kier molecular flexibility index (Phi) is 3.90. The van der Waals surface area contributed by atoms with Crippen LogP contribution in [0.1, 0.15) is 22.5 Å². The maximum Gasteiger partial charge on any atom is 0.144 e. The van der Waals surface area contributed by atoms with Crippen LogP contribution in [-0.4, -0.2) is 23.9 Å². The first-order valence-corrected chi connectivity index (χ1v) is 6.43. The van der Waals surface area contributed by atoms with Gasteiger partial charge in [-0.1, -0.05) is 6.07 Å². The van der Waals surface area contributed by atoms with Gasteiger partial charge in [-0.15, -0.1) is 0 Å². The maximum atomic E-state index is 5.44. The van der Waals surface area contributed by atoms with E-state index in [9.17, 15) is 0 Å². The van der Waals surface area contributed by atoms with E-state index in [1.54, 1.807) is 7.11 Å². The summed E-state index contributed by atoms with van der Waals surface area (Å²) in [6, 6.07) is 6.13. The van der Waals surface area contributed by atoms with E-state index in [4.69, 9.17) is 4.74 Å². The van der Waals surface area contributed by atoms with Crippen LogP contribution in [0.15, 0.2) is 18.2 Å². The zero-order chi connectivity index (χ0) is 14.0. The number of nitrogens with one attached hydrogen (secondary N) is 1. The number of nitrogens with zero attached hydrogens (tertiary/aromatic N) is 2. The normalized spacial score (nSPS) is 10.8. The third kappa shape index (κ3) is 2.49. The Morgan fingerprint density at radius 2 is 2.00 bits per heavy atom. The highest BCUT2D eigenvalue weighted by atomic mass is 16.5. The summed E-state index contributed by atoms with van der Waals surface area (Å²) in [7, 11) is 3.64. The lowest BCUT2D eigenvalue weighted by molar-refractivity contribution is 0.411. The van der Waals surface area contributed by atoms with E-state index in [0.717, 1.165) is 29.4 Å². The van der Waals surface area contributed by atoms with E-state index in [1.165, 1.54) is 11.1 Å². The highest BCUT2D eigenvalue weighted by Crippen LogP contribution is 2.26. The summed E-state index contributed by atoms with van der Waals surface area (Å²) in [5.41, 5.74) is 5.63. The van der Waals surface area contributed by atoms with E-state index in [0.29, 0.717) is 0 Å². The molecule has 1 N–H and O–H groups in total. The lowest BCUT2D eigenvalue weighted by Gasteiger charge is -2.11. The zero-order valence-electron chi connectivity index (χ0n) is 12.2. The van der Waals surface area contributed by atoms with Crippen molar-refractivity contribution in [3.63, 3.8) is 0 Å². The van der Waals surface area contributed by atoms with E-state index in [-0.39, 0.29) is 0 Å². The van der Waals surface area contributed by atoms with Crippen molar-refractivity contribution in [2.24, 2.45) is 0 Å². The standard InChI is InChI=1S/C15H21N3O/c1-10-6-7-15(19-5)14(8-10)18-12(3)13(9-16-4)11(2)17-18/h6-8,16H,9H2,1-5H3. The van der Waals surface area contributed by atoms with Gasteiger partial charge < -0.3 is 10.1 Å². The molecule has 0 aliphatic heterocycles. The van der Waals surface area contributed by atoms with E-state index in [2.05, 4.69) is 30.3 Å². The van der Waals surface area contributed by atoms with Crippen molar-refractivity contribution in [2.45, 2.75) is 27.3 Å². The number of hydrogen-bond donors (Lipinski definition) is 1. The summed E-state index contributed by atoms with van der Waals surface area (Å²) in [6.07, 6.45) is 0. The summed E-state index contributed by atoms with van der Waals surface area (Å²) >= 11 is 0. The highest BCUT2D eigenvalue weighted by molar-refractivity contribution is 5.50. The Morgan fingerprint density at radius 3 is 2.63 bits per heavy atom. The van der Waals surface area contributed by atoms with Gasteiger partial charge >= 0.3 is 0 Å². The largest absolute Gasteiger partial charge is 0.494 e. The molecular formula is C15H21N3O. The second-order valence-corrected chi connectivity index (χ2v) is 4.77. The molecule has 0 aliphatic carbocycles. The minimum atomic E-state index is 0.825. The topological polar surface area (TPSA) is 39.1 Å². The van der Waals surface area contributed by atoms with Crippen molar-refractivity contribution in [3.05, 3.63) is 40.7 Å². The third-order valence-corrected chi connectivity index (χ3v) is 3.36. The van der Waals surface area contributed by atoms with Gasteiger partial charge in [0.25, 0.3) is 0 Å². The summed E-state index contributed by atoms with van der Waals surface area (Å²) in [5.74, 6) is 0.840. The molecule has 0 unspecified atom stereocenters. The summed E-state index contributed by atoms with van der Waals surface area (Å²) < 4.78 is 7.41. The van der Waals surface area contributed by atoms with E-state index in [1.807, 2.05) is 30.8 Å². The van der Waals surface area contributed by atoms with Crippen LogP contribution < -0.4 is 10.1 Å². The Morgan fingerprint density at radius 1 is 1.26 bits per heavy atom. The van der Waals surface area contributed by atoms with Crippen LogP contribution in [0.4, 0.5) is 0 Å². The smallest absolute Gasteiger partial charge is 0.144 e. The van der Waals surface area contributed by atoms with Crippen molar-refractivity contribution in [1.82, 2.24) is 15.1 Å². The number of benzene rings is 1. The van der Waals surface area contributed by atoms with Gasteiger partial charge in [-0.05, 0) is 45.5 Å². The number of hydrogen-bond acceptors (Lipinski definition) is 3. The molecule has 4 nitrogen and oxygen atoms in total. The van der Waals surface area contributed by atoms with E-state index >= 15 is 0 Å². The average molecular weight is 259 g/mol. The van der Waals surface area contributed by atoms with Gasteiger partial charge in [-0.2, -0.15) is 5.10 Å². The summed E-state index contributed by atoms with van der Waals surface area (Å²) in [4.78, 5) is 0. The lowest BCUT2D eigenvalue weighted by atomic mass is 10.2. The summed E-state index contributed by atoms with van der Waals surface area (Å²) in [5, 5.41) is 7.83. The molecule has 0 amide bonds. The highest BCUT2D eigenvalue weighted by Gasteiger charge is 2.15. The molecule has 0 fully saturated rings. The molecule has 0 spiro atoms. The van der Waals surface area contributed by atoms with Crippen molar-refractivity contribution >= 4 is 0 Å². The molecule has 4 heteroatoms. The quantitative estimate of drug-likeness (QED) is 0.917. The Labute approximate surface area is 114 Å². The molecule has 0 saturated heterocycles. The molecule has 1 aromatic heterocycles. The molecular weight excluding hydrogens is 238 g/mol. The molecule has 2 rings (SSSR count). The van der Waals surface area contributed by atoms with Gasteiger partial charge in [0.2, 0.25) is 0 Å². The fourth-order valence-electron chi connectivity index (χ4n) is 2.31. The van der Waals surface area contributed by atoms with Crippen molar-refractivity contribution in [3.8, 4) is 11.4 Å². The predicted molar refractivity (Wildman–Crippen MR) is 77.1 cm³/mol. The van der Waals surface area contributed by atoms with Crippen LogP contribution in [0.2, 0.25) is 0 Å². The monoisotopic (exact) mass is 259 g/mol. The van der Waals surface area contributed by atoms with Crippen LogP contribution in [-0.2, 0) is 6.54 Å². The van der Waals surface area contributed by atoms with Crippen LogP contribution in [0, 0.1) is 20.8 Å². The SMILES string of the molecule is CNCc1c(C)nn(-c2cc(C)ccc2OC)c1C. The van der Waals surface area contributed by atoms with Gasteiger partial charge in [-0.3, -0.25) is 0 Å². The van der Waals surface area contributed by atoms with Gasteiger partial charge in [-0.25, -0.2) is 4.68 Å². The fourth-order valence-corrected chi connectivity index (χ4v) is 2.31. The Hall–Kier alpha value is -1.81. The molecule has 1 aromatic carbocycles. The first-order chi connectivity index (χ1) is 9.08.